The van der Waals surface area contributed by atoms with Gasteiger partial charge in [-0.3, -0.25) is 4.90 Å². The van der Waals surface area contributed by atoms with Gasteiger partial charge in [-0.15, -0.1) is 0 Å². The first-order valence-electron chi connectivity index (χ1n) is 5.08. The maximum absolute atomic E-state index is 6.12. The van der Waals surface area contributed by atoms with Crippen LogP contribution in [0, 0.1) is 0 Å². The van der Waals surface area contributed by atoms with E-state index in [9.17, 15) is 0 Å². The molecule has 0 aromatic heterocycles. The number of hydrogen-bond donors (Lipinski definition) is 1. The second-order valence-corrected chi connectivity index (χ2v) is 4.68. The number of benzene rings is 1. The van der Waals surface area contributed by atoms with Crippen LogP contribution in [0.5, 0.6) is 0 Å². The molecule has 1 aromatic carbocycles. The van der Waals surface area contributed by atoms with Crippen LogP contribution in [0.25, 0.3) is 0 Å². The Morgan fingerprint density at radius 1 is 1.47 bits per heavy atom. The van der Waals surface area contributed by atoms with Crippen LogP contribution in [0.1, 0.15) is 12.5 Å². The number of rotatable bonds is 2. The zero-order chi connectivity index (χ0) is 10.8. The van der Waals surface area contributed by atoms with Crippen molar-refractivity contribution in [1.82, 2.24) is 10.2 Å². The van der Waals surface area contributed by atoms with E-state index in [1.54, 1.807) is 0 Å². The van der Waals surface area contributed by atoms with E-state index < -0.39 is 0 Å². The summed E-state index contributed by atoms with van der Waals surface area (Å²) in [7, 11) is 0. The van der Waals surface area contributed by atoms with Crippen molar-refractivity contribution in [2.45, 2.75) is 19.6 Å². The van der Waals surface area contributed by atoms with Crippen LogP contribution in [0.3, 0.4) is 0 Å². The SMILES string of the molecule is CC1NCCN1Cc1cc(Cl)ccc1Cl. The minimum Gasteiger partial charge on any atom is -0.301 e. The fourth-order valence-electron chi connectivity index (χ4n) is 1.84. The Hall–Kier alpha value is -0.280. The molecule has 0 aliphatic carbocycles. The molecule has 0 saturated carbocycles. The summed E-state index contributed by atoms with van der Waals surface area (Å²) in [6.45, 7) is 5.11. The highest BCUT2D eigenvalue weighted by Gasteiger charge is 2.20. The van der Waals surface area contributed by atoms with Crippen LogP contribution >= 0.6 is 23.2 Å². The van der Waals surface area contributed by atoms with Crippen molar-refractivity contribution < 1.29 is 0 Å². The number of halogens is 2. The van der Waals surface area contributed by atoms with Crippen LogP contribution in [-0.4, -0.2) is 24.2 Å². The minimum atomic E-state index is 0.417. The first-order chi connectivity index (χ1) is 7.16. The summed E-state index contributed by atoms with van der Waals surface area (Å²) < 4.78 is 0. The van der Waals surface area contributed by atoms with Gasteiger partial charge in [-0.1, -0.05) is 23.2 Å². The highest BCUT2D eigenvalue weighted by atomic mass is 35.5. The summed E-state index contributed by atoms with van der Waals surface area (Å²) in [4.78, 5) is 2.34. The van der Waals surface area contributed by atoms with Crippen molar-refractivity contribution in [2.75, 3.05) is 13.1 Å². The Labute approximate surface area is 100 Å². The van der Waals surface area contributed by atoms with E-state index >= 15 is 0 Å². The van der Waals surface area contributed by atoms with Gasteiger partial charge in [0.2, 0.25) is 0 Å². The molecule has 1 aromatic rings. The van der Waals surface area contributed by atoms with Crippen molar-refractivity contribution in [2.24, 2.45) is 0 Å². The van der Waals surface area contributed by atoms with Gasteiger partial charge in [0.25, 0.3) is 0 Å². The predicted molar refractivity (Wildman–Crippen MR) is 64.3 cm³/mol. The normalized spacial score (nSPS) is 22.2. The Bertz CT molecular complexity index is 354. The molecule has 2 nitrogen and oxygen atoms in total. The van der Waals surface area contributed by atoms with Crippen molar-refractivity contribution >= 4 is 23.2 Å². The van der Waals surface area contributed by atoms with Crippen LogP contribution < -0.4 is 5.32 Å². The molecule has 1 aliphatic heterocycles. The highest BCUT2D eigenvalue weighted by Crippen LogP contribution is 2.23. The van der Waals surface area contributed by atoms with Gasteiger partial charge < -0.3 is 5.32 Å². The minimum absolute atomic E-state index is 0.417. The molecule has 1 aliphatic rings. The quantitative estimate of drug-likeness (QED) is 0.861. The fraction of sp³-hybridized carbons (Fsp3) is 0.455. The lowest BCUT2D eigenvalue weighted by atomic mass is 10.2. The number of nitrogens with one attached hydrogen (secondary N) is 1. The second-order valence-electron chi connectivity index (χ2n) is 3.84. The van der Waals surface area contributed by atoms with E-state index in [1.807, 2.05) is 18.2 Å². The van der Waals surface area contributed by atoms with Gasteiger partial charge in [-0.05, 0) is 30.7 Å². The van der Waals surface area contributed by atoms with Crippen LogP contribution in [0.2, 0.25) is 10.0 Å². The second kappa shape index (κ2) is 4.71. The van der Waals surface area contributed by atoms with Gasteiger partial charge in [-0.2, -0.15) is 0 Å². The molecule has 0 spiro atoms. The molecule has 1 N–H and O–H groups in total. The maximum Gasteiger partial charge on any atom is 0.0572 e. The standard InChI is InChI=1S/C11H14Cl2N2/c1-8-14-4-5-15(8)7-9-6-10(12)2-3-11(9)13/h2-3,6,8,14H,4-5,7H2,1H3. The average Bonchev–Trinajstić information content (AvgIpc) is 2.58. The van der Waals surface area contributed by atoms with Gasteiger partial charge in [0.15, 0.2) is 0 Å². The summed E-state index contributed by atoms with van der Waals surface area (Å²) in [5, 5.41) is 4.91. The molecular formula is C11H14Cl2N2. The van der Waals surface area contributed by atoms with Crippen molar-refractivity contribution in [3.63, 3.8) is 0 Å². The maximum atomic E-state index is 6.12. The molecular weight excluding hydrogens is 231 g/mol. The van der Waals surface area contributed by atoms with Crippen molar-refractivity contribution in [3.05, 3.63) is 33.8 Å². The predicted octanol–water partition coefficient (Wildman–Crippen LogP) is 2.74. The Morgan fingerprint density at radius 2 is 2.27 bits per heavy atom. The van der Waals surface area contributed by atoms with Gasteiger partial charge in [-0.25, -0.2) is 0 Å². The topological polar surface area (TPSA) is 15.3 Å². The summed E-state index contributed by atoms with van der Waals surface area (Å²) in [5.74, 6) is 0. The van der Waals surface area contributed by atoms with Gasteiger partial charge in [0.05, 0.1) is 6.17 Å². The average molecular weight is 245 g/mol. The molecule has 0 radical (unpaired) electrons. The summed E-state index contributed by atoms with van der Waals surface area (Å²) in [5.41, 5.74) is 1.10. The fourth-order valence-corrected chi connectivity index (χ4v) is 2.21. The van der Waals surface area contributed by atoms with Crippen molar-refractivity contribution in [1.29, 1.82) is 0 Å². The first kappa shape index (κ1) is 11.2. The van der Waals surface area contributed by atoms with E-state index in [4.69, 9.17) is 23.2 Å². The van der Waals surface area contributed by atoms with E-state index in [0.29, 0.717) is 6.17 Å². The van der Waals surface area contributed by atoms with E-state index in [1.165, 1.54) is 0 Å². The lowest BCUT2D eigenvalue weighted by Crippen LogP contribution is -2.32. The summed E-state index contributed by atoms with van der Waals surface area (Å²) >= 11 is 12.1. The number of hydrogen-bond acceptors (Lipinski definition) is 2. The molecule has 1 fully saturated rings. The molecule has 2 rings (SSSR count). The third-order valence-electron chi connectivity index (χ3n) is 2.77. The largest absolute Gasteiger partial charge is 0.301 e. The smallest absolute Gasteiger partial charge is 0.0572 e. The molecule has 0 amide bonds. The molecule has 82 valence electrons. The summed E-state index contributed by atoms with van der Waals surface area (Å²) in [6, 6.07) is 5.61. The Morgan fingerprint density at radius 3 is 2.93 bits per heavy atom. The summed E-state index contributed by atoms with van der Waals surface area (Å²) in [6.07, 6.45) is 0.417. The molecule has 1 atom stereocenters. The van der Waals surface area contributed by atoms with Gasteiger partial charge in [0, 0.05) is 29.7 Å². The molecule has 15 heavy (non-hydrogen) atoms. The Balaban J connectivity index is 2.12. The van der Waals surface area contributed by atoms with E-state index in [0.717, 1.165) is 35.2 Å². The van der Waals surface area contributed by atoms with Crippen LogP contribution in [0.4, 0.5) is 0 Å². The van der Waals surface area contributed by atoms with Crippen LogP contribution in [-0.2, 0) is 6.54 Å². The molecule has 0 bridgehead atoms. The zero-order valence-corrected chi connectivity index (χ0v) is 10.1. The molecule has 4 heteroatoms. The lowest BCUT2D eigenvalue weighted by Gasteiger charge is -2.21. The van der Waals surface area contributed by atoms with E-state index in [-0.39, 0.29) is 0 Å². The molecule has 1 heterocycles. The molecule has 1 saturated heterocycles. The highest BCUT2D eigenvalue weighted by molar-refractivity contribution is 6.33. The Kier molecular flexibility index (Phi) is 3.52. The monoisotopic (exact) mass is 244 g/mol. The van der Waals surface area contributed by atoms with Crippen molar-refractivity contribution in [3.8, 4) is 0 Å². The first-order valence-corrected chi connectivity index (χ1v) is 5.84. The lowest BCUT2D eigenvalue weighted by molar-refractivity contribution is 0.249. The zero-order valence-electron chi connectivity index (χ0n) is 8.63. The van der Waals surface area contributed by atoms with Gasteiger partial charge >= 0.3 is 0 Å². The number of nitrogens with zero attached hydrogens (tertiary/aromatic N) is 1. The van der Waals surface area contributed by atoms with Gasteiger partial charge in [0.1, 0.15) is 0 Å². The van der Waals surface area contributed by atoms with E-state index in [2.05, 4.69) is 17.1 Å². The van der Waals surface area contributed by atoms with Crippen LogP contribution in [0.15, 0.2) is 18.2 Å². The molecule has 1 unspecified atom stereocenters. The third-order valence-corrected chi connectivity index (χ3v) is 3.37. The third kappa shape index (κ3) is 2.64.